The Hall–Kier alpha value is -9.98. The van der Waals surface area contributed by atoms with E-state index in [2.05, 4.69) is 20.5 Å². The predicted octanol–water partition coefficient (Wildman–Crippen LogP) is 12.9. The average molecular weight is 1380 g/mol. The number of piperidine rings is 3. The molecule has 0 saturated carbocycles. The molecule has 9 aromatic rings. The van der Waals surface area contributed by atoms with Crippen molar-refractivity contribution in [3.8, 4) is 51.4 Å². The first-order valence-electron chi connectivity index (χ1n) is 32.7. The zero-order valence-corrected chi connectivity index (χ0v) is 55.9. The maximum atomic E-state index is 14.0. The normalized spacial score (nSPS) is 16.5. The molecule has 3 amide bonds. The van der Waals surface area contributed by atoms with Gasteiger partial charge < -0.3 is 52.3 Å². The van der Waals surface area contributed by atoms with E-state index in [9.17, 15) is 44.8 Å². The van der Waals surface area contributed by atoms with Gasteiger partial charge in [-0.05, 0) is 148 Å². The number of fused-ring (bicyclic) bond motifs is 12. The second kappa shape index (κ2) is 27.0. The van der Waals surface area contributed by atoms with E-state index in [0.717, 1.165) is 45.6 Å². The molecule has 3 fully saturated rings. The van der Waals surface area contributed by atoms with E-state index in [1.54, 1.807) is 67.7 Å². The number of rotatable bonds is 11. The van der Waals surface area contributed by atoms with Crippen LogP contribution in [0.4, 0.5) is 22.0 Å². The summed E-state index contributed by atoms with van der Waals surface area (Å²) in [6.07, 6.45) is 2.43. The number of nitrogens with one attached hydrogen (secondary N) is 1. The number of carbonyl (C=O) groups excluding carboxylic acids is 3. The van der Waals surface area contributed by atoms with Gasteiger partial charge in [0, 0.05) is 127 Å². The van der Waals surface area contributed by atoms with Gasteiger partial charge in [0.2, 0.25) is 10.0 Å². The Balaban J connectivity index is 0.000000142. The lowest BCUT2D eigenvalue weighted by Gasteiger charge is -2.45. The van der Waals surface area contributed by atoms with Crippen molar-refractivity contribution in [2.24, 2.45) is 0 Å². The van der Waals surface area contributed by atoms with E-state index < -0.39 is 38.7 Å². The van der Waals surface area contributed by atoms with Gasteiger partial charge in [-0.2, -0.15) is 18.3 Å². The Labute approximate surface area is 570 Å². The first-order chi connectivity index (χ1) is 47.6. The van der Waals surface area contributed by atoms with Crippen LogP contribution < -0.4 is 28.4 Å². The predicted molar refractivity (Wildman–Crippen MR) is 358 cm³/mol. The zero-order valence-electron chi connectivity index (χ0n) is 55.1. The molecule has 6 aliphatic heterocycles. The number of hydrogen-bond donors (Lipinski definition) is 1. The first-order valence-corrected chi connectivity index (χ1v) is 34.2. The van der Waals surface area contributed by atoms with Gasteiger partial charge in [0.05, 0.1) is 58.8 Å². The van der Waals surface area contributed by atoms with Crippen molar-refractivity contribution in [3.05, 3.63) is 221 Å². The van der Waals surface area contributed by atoms with E-state index >= 15 is 0 Å². The summed E-state index contributed by atoms with van der Waals surface area (Å²) in [5.41, 5.74) is 4.76. The third kappa shape index (κ3) is 12.7. The molecular formula is C74H75F5N8O11S. The molecule has 6 aliphatic rings. The van der Waals surface area contributed by atoms with Crippen LogP contribution in [0.25, 0.3) is 22.6 Å². The summed E-state index contributed by atoms with van der Waals surface area (Å²) in [5.74, 6) is 1.93. The standard InChI is InChI=1S/C26H27FN2O4.C24H22F3N3O4S.C24H24FN3O3.H2/c1-18-16-19(5-8-22(18)32-15-14-31-2)25(30)28-12-9-26(10-13-28)24-4-3-11-29(24)21-7-6-20(27)17-23(21)33-26;1-28-35(32,33)17-8-6-16(7-9-17)22(31)29-14-12-23(13-15-29)20-10-11-21(24(25,26)27)30(20)18-4-2-3-5-19(18)34-23;1-3-28-22-18-14-16(25)8-9-21(18)31-24(19(22)15-26-28)10-12-27(13-11-24)23(29)17-6-4-5-7-20(17)30-2;/h3-8,11,16-17H,9-10,12-15H2,1-2H3;2-11,28H,12-15H2,1H3;4-9,14-15H,3,10-13H2,1-2H3;1H. The monoisotopic (exact) mass is 1380 g/mol. The third-order valence-electron chi connectivity index (χ3n) is 19.4. The van der Waals surface area contributed by atoms with E-state index in [4.69, 9.17) is 28.4 Å². The fraction of sp³-hybridized carbons (Fsp3) is 0.324. The summed E-state index contributed by atoms with van der Waals surface area (Å²) < 4.78 is 136. The number of halogens is 5. The quantitative estimate of drug-likeness (QED) is 0.0954. The molecule has 1 N–H and O–H groups in total. The fourth-order valence-corrected chi connectivity index (χ4v) is 15.0. The van der Waals surface area contributed by atoms with Crippen LogP contribution >= 0.6 is 0 Å². The Bertz CT molecular complexity index is 4650. The van der Waals surface area contributed by atoms with Crippen LogP contribution in [0.15, 0.2) is 169 Å². The van der Waals surface area contributed by atoms with Gasteiger partial charge in [-0.25, -0.2) is 21.9 Å². The molecule has 0 bridgehead atoms. The zero-order chi connectivity index (χ0) is 69.6. The van der Waals surface area contributed by atoms with Crippen LogP contribution in [-0.4, -0.2) is 134 Å². The molecule has 0 atom stereocenters. The van der Waals surface area contributed by atoms with Crippen molar-refractivity contribution in [3.63, 3.8) is 0 Å². The molecule has 3 saturated heterocycles. The van der Waals surface area contributed by atoms with E-state index in [1.807, 2.05) is 77.1 Å². The van der Waals surface area contributed by atoms with E-state index in [1.165, 1.54) is 66.2 Å². The molecular weight excluding hydrogens is 1300 g/mol. The van der Waals surface area contributed by atoms with E-state index in [-0.39, 0.29) is 48.8 Å². The van der Waals surface area contributed by atoms with Crippen molar-refractivity contribution >= 4 is 27.7 Å². The number of alkyl halides is 3. The molecule has 25 heteroatoms. The van der Waals surface area contributed by atoms with Crippen molar-refractivity contribution in [1.29, 1.82) is 0 Å². The summed E-state index contributed by atoms with van der Waals surface area (Å²) in [7, 11) is 0.886. The Kier molecular flexibility index (Phi) is 18.5. The largest absolute Gasteiger partial charge is 0.496 e. The molecule has 15 rings (SSSR count). The van der Waals surface area contributed by atoms with Gasteiger partial charge in [0.25, 0.3) is 17.7 Å². The van der Waals surface area contributed by atoms with Gasteiger partial charge in [-0.3, -0.25) is 19.1 Å². The van der Waals surface area contributed by atoms with Crippen LogP contribution in [0.2, 0.25) is 0 Å². The van der Waals surface area contributed by atoms with Gasteiger partial charge in [0.15, 0.2) is 11.2 Å². The van der Waals surface area contributed by atoms with Crippen molar-refractivity contribution in [2.45, 2.75) is 86.8 Å². The topological polar surface area (TPSA) is 190 Å². The number of ether oxygens (including phenoxy) is 6. The summed E-state index contributed by atoms with van der Waals surface area (Å²) >= 11 is 0. The number of aromatic nitrogens is 4. The maximum Gasteiger partial charge on any atom is 0.431 e. The number of benzene rings is 6. The SMILES string of the molecule is CCn1ncc2c1-c1cc(F)ccc1OC21CCN(C(=O)c2ccccc2OC)CC1.CNS(=O)(=O)c1ccc(C(=O)N2CCC3(CC2)Oc2ccccc2-n2c(C(F)(F)F)ccc23)cc1.COCCOc1ccc(C(=O)N2CCC3(CC2)Oc2cc(F)ccc2-n2cccc23)cc1C.[HH]. The molecule has 0 unspecified atom stereocenters. The molecule has 19 nitrogen and oxygen atoms in total. The molecule has 0 aliphatic carbocycles. The smallest absolute Gasteiger partial charge is 0.431 e. The lowest BCUT2D eigenvalue weighted by Crippen LogP contribution is -2.50. The van der Waals surface area contributed by atoms with Crippen LogP contribution in [0.5, 0.6) is 28.7 Å². The highest BCUT2D eigenvalue weighted by Crippen LogP contribution is 2.52. The summed E-state index contributed by atoms with van der Waals surface area (Å²) in [5, 5.41) is 4.54. The van der Waals surface area contributed by atoms with Crippen LogP contribution in [0.1, 0.15) is 106 Å². The minimum atomic E-state index is -4.53. The number of sulfonamides is 1. The van der Waals surface area contributed by atoms with Crippen LogP contribution in [0, 0.1) is 18.6 Å². The number of aryl methyl sites for hydroxylation is 2. The van der Waals surface area contributed by atoms with Crippen molar-refractivity contribution < 1.29 is 74.6 Å². The number of para-hydroxylation sites is 3. The molecule has 0 radical (unpaired) electrons. The summed E-state index contributed by atoms with van der Waals surface area (Å²) in [4.78, 5) is 44.7. The van der Waals surface area contributed by atoms with Gasteiger partial charge in [0.1, 0.15) is 58.3 Å². The molecule has 99 heavy (non-hydrogen) atoms. The second-order valence-electron chi connectivity index (χ2n) is 25.1. The van der Waals surface area contributed by atoms with Gasteiger partial charge in [-0.1, -0.05) is 24.3 Å². The highest BCUT2D eigenvalue weighted by molar-refractivity contribution is 7.89. The average Bonchev–Trinajstić information content (AvgIpc) is 1.47. The highest BCUT2D eigenvalue weighted by Gasteiger charge is 2.50. The Morgan fingerprint density at radius 1 is 0.616 bits per heavy atom. The van der Waals surface area contributed by atoms with Crippen LogP contribution in [-0.2, 0) is 44.3 Å². The Morgan fingerprint density at radius 2 is 1.22 bits per heavy atom. The summed E-state index contributed by atoms with van der Waals surface area (Å²) in [6, 6.07) is 40.8. The second-order valence-corrected chi connectivity index (χ2v) is 26.9. The lowest BCUT2D eigenvalue weighted by atomic mass is 9.81. The highest BCUT2D eigenvalue weighted by atomic mass is 32.2. The molecule has 3 spiro atoms. The number of carbonyl (C=O) groups is 3. The van der Waals surface area contributed by atoms with E-state index in [0.29, 0.717) is 136 Å². The fourth-order valence-electron chi connectivity index (χ4n) is 14.3. The minimum Gasteiger partial charge on any atom is -0.496 e. The number of nitrogens with zero attached hydrogens (tertiary/aromatic N) is 7. The Morgan fingerprint density at radius 3 is 1.89 bits per heavy atom. The van der Waals surface area contributed by atoms with Crippen molar-refractivity contribution in [2.75, 3.05) is 73.7 Å². The summed E-state index contributed by atoms with van der Waals surface area (Å²) in [6.45, 7) is 8.35. The minimum absolute atomic E-state index is 0. The molecule has 3 aromatic heterocycles. The third-order valence-corrected chi connectivity index (χ3v) is 20.9. The maximum absolute atomic E-state index is 14.0. The van der Waals surface area contributed by atoms with Crippen LogP contribution in [0.3, 0.4) is 0 Å². The molecule has 6 aromatic carbocycles. The number of amides is 3. The first kappa shape index (κ1) is 67.6. The number of methoxy groups -OCH3 is 2. The van der Waals surface area contributed by atoms with Gasteiger partial charge in [-0.15, -0.1) is 0 Å². The van der Waals surface area contributed by atoms with Crippen molar-refractivity contribution in [1.82, 2.24) is 38.3 Å². The molecule has 518 valence electrons. The number of likely N-dealkylation sites (tertiary alicyclic amines) is 3. The lowest BCUT2D eigenvalue weighted by molar-refractivity contribution is -0.143. The molecule has 9 heterocycles. The van der Waals surface area contributed by atoms with Gasteiger partial charge >= 0.3 is 6.18 Å². The number of hydrogen-bond acceptors (Lipinski definition) is 12.